The third-order valence-electron chi connectivity index (χ3n) is 2.11. The second kappa shape index (κ2) is 5.38. The van der Waals surface area contributed by atoms with Crippen LogP contribution in [0, 0.1) is 0 Å². The second-order valence-corrected chi connectivity index (χ2v) is 3.45. The summed E-state index contributed by atoms with van der Waals surface area (Å²) in [5.41, 5.74) is 2.37. The van der Waals surface area contributed by atoms with Gasteiger partial charge in [0.2, 0.25) is 0 Å². The van der Waals surface area contributed by atoms with Gasteiger partial charge in [-0.15, -0.1) is 0 Å². The topological polar surface area (TPSA) is 17.1 Å². The fourth-order valence-corrected chi connectivity index (χ4v) is 1.40. The van der Waals surface area contributed by atoms with Crippen LogP contribution >= 0.6 is 0 Å². The van der Waals surface area contributed by atoms with E-state index in [0.29, 0.717) is 6.42 Å². The number of hydrogen-bond acceptors (Lipinski definition) is 1. The van der Waals surface area contributed by atoms with Crippen molar-refractivity contribution < 1.29 is 4.79 Å². The van der Waals surface area contributed by atoms with Crippen molar-refractivity contribution in [2.24, 2.45) is 0 Å². The minimum Gasteiger partial charge on any atom is -0.300 e. The lowest BCUT2D eigenvalue weighted by Crippen LogP contribution is -1.92. The minimum absolute atomic E-state index is 0.213. The molecule has 0 amide bonds. The first kappa shape index (κ1) is 10.7. The first-order chi connectivity index (χ1) is 6.72. The van der Waals surface area contributed by atoms with E-state index >= 15 is 0 Å². The SMILES string of the molecule is C/C=C(\C=C1\C=CC=CC1)CC(C)=O. The lowest BCUT2D eigenvalue weighted by atomic mass is 10.0. The summed E-state index contributed by atoms with van der Waals surface area (Å²) < 4.78 is 0. The molecule has 0 fully saturated rings. The molecular formula is C13H16O. The summed E-state index contributed by atoms with van der Waals surface area (Å²) >= 11 is 0. The molecule has 1 heteroatoms. The second-order valence-electron chi connectivity index (χ2n) is 3.45. The molecule has 0 N–H and O–H groups in total. The van der Waals surface area contributed by atoms with Crippen molar-refractivity contribution in [2.75, 3.05) is 0 Å². The molecule has 1 aliphatic carbocycles. The largest absolute Gasteiger partial charge is 0.300 e. The Morgan fingerprint density at radius 1 is 1.50 bits per heavy atom. The molecule has 0 aliphatic heterocycles. The van der Waals surface area contributed by atoms with Crippen molar-refractivity contribution >= 4 is 5.78 Å². The summed E-state index contributed by atoms with van der Waals surface area (Å²) in [5.74, 6) is 0.213. The van der Waals surface area contributed by atoms with E-state index in [-0.39, 0.29) is 5.78 Å². The fourth-order valence-electron chi connectivity index (χ4n) is 1.40. The Bertz CT molecular complexity index is 327. The Morgan fingerprint density at radius 3 is 2.79 bits per heavy atom. The summed E-state index contributed by atoms with van der Waals surface area (Å²) in [6.07, 6.45) is 13.9. The van der Waals surface area contributed by atoms with E-state index in [1.54, 1.807) is 6.92 Å². The molecule has 0 radical (unpaired) electrons. The van der Waals surface area contributed by atoms with Gasteiger partial charge >= 0.3 is 0 Å². The molecule has 0 heterocycles. The number of allylic oxidation sites excluding steroid dienone is 8. The summed E-state index contributed by atoms with van der Waals surface area (Å²) in [4.78, 5) is 11.0. The van der Waals surface area contributed by atoms with Crippen LogP contribution in [0.4, 0.5) is 0 Å². The van der Waals surface area contributed by atoms with Gasteiger partial charge in [0.05, 0.1) is 0 Å². The summed E-state index contributed by atoms with van der Waals surface area (Å²) in [7, 11) is 0. The maximum Gasteiger partial charge on any atom is 0.134 e. The van der Waals surface area contributed by atoms with Crippen LogP contribution < -0.4 is 0 Å². The number of ketones is 1. The van der Waals surface area contributed by atoms with Crippen LogP contribution in [0.1, 0.15) is 26.7 Å². The molecule has 0 unspecified atom stereocenters. The molecule has 74 valence electrons. The van der Waals surface area contributed by atoms with Gasteiger partial charge in [-0.25, -0.2) is 0 Å². The van der Waals surface area contributed by atoms with Crippen LogP contribution in [0.3, 0.4) is 0 Å². The molecule has 0 saturated heterocycles. The molecule has 0 saturated carbocycles. The van der Waals surface area contributed by atoms with Crippen LogP contribution in [-0.2, 0) is 4.79 Å². The lowest BCUT2D eigenvalue weighted by Gasteiger charge is -2.04. The summed E-state index contributed by atoms with van der Waals surface area (Å²) in [6.45, 7) is 3.59. The maximum absolute atomic E-state index is 11.0. The van der Waals surface area contributed by atoms with Crippen LogP contribution in [0.15, 0.2) is 47.6 Å². The van der Waals surface area contributed by atoms with E-state index in [1.165, 1.54) is 5.57 Å². The van der Waals surface area contributed by atoms with E-state index in [4.69, 9.17) is 0 Å². The van der Waals surface area contributed by atoms with Crippen LogP contribution in [0.5, 0.6) is 0 Å². The molecule has 0 aromatic rings. The lowest BCUT2D eigenvalue weighted by molar-refractivity contribution is -0.116. The van der Waals surface area contributed by atoms with E-state index in [0.717, 1.165) is 12.0 Å². The highest BCUT2D eigenvalue weighted by Gasteiger charge is 1.99. The van der Waals surface area contributed by atoms with E-state index in [9.17, 15) is 4.79 Å². The fraction of sp³-hybridized carbons (Fsp3) is 0.308. The Labute approximate surface area is 85.5 Å². The molecule has 0 aromatic heterocycles. The smallest absolute Gasteiger partial charge is 0.134 e. The predicted octanol–water partition coefficient (Wildman–Crippen LogP) is 3.35. The molecule has 0 aromatic carbocycles. The van der Waals surface area contributed by atoms with E-state index in [2.05, 4.69) is 18.2 Å². The van der Waals surface area contributed by atoms with Crippen molar-refractivity contribution in [3.63, 3.8) is 0 Å². The Balaban J connectivity index is 2.68. The average Bonchev–Trinajstić information content (AvgIpc) is 2.17. The number of Topliss-reactive ketones (excluding diaryl/α,β-unsaturated/α-hetero) is 1. The zero-order valence-corrected chi connectivity index (χ0v) is 8.79. The normalized spacial score (nSPS) is 19.0. The molecular weight excluding hydrogens is 172 g/mol. The highest BCUT2D eigenvalue weighted by molar-refractivity contribution is 5.78. The van der Waals surface area contributed by atoms with Crippen LogP contribution in [-0.4, -0.2) is 5.78 Å². The van der Waals surface area contributed by atoms with Gasteiger partial charge in [-0.1, -0.05) is 36.5 Å². The maximum atomic E-state index is 11.0. The molecule has 0 spiro atoms. The first-order valence-electron chi connectivity index (χ1n) is 4.91. The molecule has 1 rings (SSSR count). The van der Waals surface area contributed by atoms with Gasteiger partial charge in [0.1, 0.15) is 5.78 Å². The third-order valence-corrected chi connectivity index (χ3v) is 2.11. The molecule has 0 bridgehead atoms. The van der Waals surface area contributed by atoms with Gasteiger partial charge in [0.25, 0.3) is 0 Å². The highest BCUT2D eigenvalue weighted by Crippen LogP contribution is 2.15. The van der Waals surface area contributed by atoms with Crippen LogP contribution in [0.2, 0.25) is 0 Å². The standard InChI is InChI=1S/C13H16O/c1-3-12(9-11(2)14)10-13-7-5-4-6-8-13/h3-7,10H,8-9H2,1-2H3/b12-3-,13-10-. The van der Waals surface area contributed by atoms with E-state index in [1.807, 2.05) is 25.2 Å². The van der Waals surface area contributed by atoms with E-state index < -0.39 is 0 Å². The zero-order valence-electron chi connectivity index (χ0n) is 8.79. The minimum atomic E-state index is 0.213. The van der Waals surface area contributed by atoms with Gasteiger partial charge in [-0.3, -0.25) is 4.79 Å². The summed E-state index contributed by atoms with van der Waals surface area (Å²) in [6, 6.07) is 0. The molecule has 1 aliphatic rings. The average molecular weight is 188 g/mol. The van der Waals surface area contributed by atoms with Crippen molar-refractivity contribution in [1.29, 1.82) is 0 Å². The van der Waals surface area contributed by atoms with Crippen molar-refractivity contribution in [1.82, 2.24) is 0 Å². The Kier molecular flexibility index (Phi) is 4.11. The van der Waals surface area contributed by atoms with Gasteiger partial charge in [-0.05, 0) is 31.4 Å². The first-order valence-corrected chi connectivity index (χ1v) is 4.91. The zero-order chi connectivity index (χ0) is 10.4. The molecule has 1 nitrogen and oxygen atoms in total. The number of carbonyl (C=O) groups excluding carboxylic acids is 1. The summed E-state index contributed by atoms with van der Waals surface area (Å²) in [5, 5.41) is 0. The highest BCUT2D eigenvalue weighted by atomic mass is 16.1. The Hall–Kier alpha value is -1.37. The number of rotatable bonds is 3. The van der Waals surface area contributed by atoms with Gasteiger partial charge < -0.3 is 0 Å². The number of carbonyl (C=O) groups is 1. The molecule has 14 heavy (non-hydrogen) atoms. The Morgan fingerprint density at radius 2 is 2.29 bits per heavy atom. The van der Waals surface area contributed by atoms with Gasteiger partial charge in [-0.2, -0.15) is 0 Å². The third kappa shape index (κ3) is 3.56. The quantitative estimate of drug-likeness (QED) is 0.663. The van der Waals surface area contributed by atoms with Crippen molar-refractivity contribution in [2.45, 2.75) is 26.7 Å². The van der Waals surface area contributed by atoms with Gasteiger partial charge in [0, 0.05) is 6.42 Å². The van der Waals surface area contributed by atoms with Crippen molar-refractivity contribution in [3.05, 3.63) is 47.6 Å². The monoisotopic (exact) mass is 188 g/mol. The predicted molar refractivity (Wildman–Crippen MR) is 60.0 cm³/mol. The van der Waals surface area contributed by atoms with Gasteiger partial charge in [0.15, 0.2) is 0 Å². The van der Waals surface area contributed by atoms with Crippen LogP contribution in [0.25, 0.3) is 0 Å². The van der Waals surface area contributed by atoms with Crippen molar-refractivity contribution in [3.8, 4) is 0 Å². The molecule has 0 atom stereocenters. The number of hydrogen-bond donors (Lipinski definition) is 0.